The van der Waals surface area contributed by atoms with Crippen molar-refractivity contribution in [3.05, 3.63) is 51.3 Å². The van der Waals surface area contributed by atoms with Crippen LogP contribution in [0.5, 0.6) is 5.75 Å². The van der Waals surface area contributed by atoms with Crippen molar-refractivity contribution >= 4 is 11.0 Å². The normalized spacial score (nSPS) is 17.4. The standard InChI is InChI=1S/C25H31N5O4/c1-28-24(31)22-21(30(25(28)32)19-5-2-3-6-19)17-26-23(27-22)18-7-9-20(10-8-18)34-14-4-11-29-12-15-33-16-13-29/h7-10,17,19H,2-6,11-16H2,1H3. The van der Waals surface area contributed by atoms with Gasteiger partial charge in [-0.3, -0.25) is 18.8 Å². The van der Waals surface area contributed by atoms with Crippen molar-refractivity contribution in [2.75, 3.05) is 39.5 Å². The number of morpholine rings is 1. The van der Waals surface area contributed by atoms with Gasteiger partial charge in [-0.05, 0) is 43.5 Å². The Morgan fingerprint density at radius 1 is 1.09 bits per heavy atom. The van der Waals surface area contributed by atoms with Crippen LogP contribution in [-0.2, 0) is 11.8 Å². The van der Waals surface area contributed by atoms with Crippen LogP contribution in [0.15, 0.2) is 40.1 Å². The van der Waals surface area contributed by atoms with E-state index >= 15 is 0 Å². The lowest BCUT2D eigenvalue weighted by Gasteiger charge is -2.26. The van der Waals surface area contributed by atoms with Crippen LogP contribution >= 0.6 is 0 Å². The van der Waals surface area contributed by atoms with Crippen LogP contribution < -0.4 is 16.0 Å². The van der Waals surface area contributed by atoms with Gasteiger partial charge >= 0.3 is 5.69 Å². The first kappa shape index (κ1) is 22.7. The van der Waals surface area contributed by atoms with Gasteiger partial charge < -0.3 is 9.47 Å². The van der Waals surface area contributed by atoms with Crippen molar-refractivity contribution in [3.63, 3.8) is 0 Å². The van der Waals surface area contributed by atoms with Crippen LogP contribution in [0.3, 0.4) is 0 Å². The van der Waals surface area contributed by atoms with E-state index in [9.17, 15) is 9.59 Å². The molecule has 1 aliphatic heterocycles. The minimum Gasteiger partial charge on any atom is -0.494 e. The molecule has 5 rings (SSSR count). The summed E-state index contributed by atoms with van der Waals surface area (Å²) in [5.74, 6) is 1.25. The highest BCUT2D eigenvalue weighted by molar-refractivity contribution is 5.75. The zero-order chi connectivity index (χ0) is 23.5. The van der Waals surface area contributed by atoms with E-state index in [-0.39, 0.29) is 17.2 Å². The first-order valence-electron chi connectivity index (χ1n) is 12.1. The molecule has 0 unspecified atom stereocenters. The molecule has 9 nitrogen and oxygen atoms in total. The van der Waals surface area contributed by atoms with Crippen LogP contribution in [0.4, 0.5) is 0 Å². The van der Waals surface area contributed by atoms with Gasteiger partial charge in [0.25, 0.3) is 5.56 Å². The second-order valence-electron chi connectivity index (χ2n) is 9.06. The zero-order valence-corrected chi connectivity index (χ0v) is 19.6. The van der Waals surface area contributed by atoms with Crippen molar-refractivity contribution in [1.82, 2.24) is 24.0 Å². The number of fused-ring (bicyclic) bond motifs is 1. The molecule has 1 saturated heterocycles. The minimum absolute atomic E-state index is 0.0935. The summed E-state index contributed by atoms with van der Waals surface area (Å²) in [7, 11) is 1.52. The first-order chi connectivity index (χ1) is 16.6. The van der Waals surface area contributed by atoms with Crippen LogP contribution in [0.25, 0.3) is 22.4 Å². The molecule has 3 aromatic rings. The van der Waals surface area contributed by atoms with Crippen molar-refractivity contribution in [2.24, 2.45) is 7.05 Å². The number of ether oxygens (including phenoxy) is 2. The summed E-state index contributed by atoms with van der Waals surface area (Å²) in [6.07, 6.45) is 6.62. The molecule has 3 heterocycles. The van der Waals surface area contributed by atoms with Gasteiger partial charge in [0.1, 0.15) is 5.75 Å². The van der Waals surface area contributed by atoms with Gasteiger partial charge in [0.2, 0.25) is 0 Å². The molecule has 1 aliphatic carbocycles. The maximum Gasteiger partial charge on any atom is 0.331 e. The van der Waals surface area contributed by atoms with E-state index in [0.717, 1.165) is 80.8 Å². The molecule has 0 bridgehead atoms. The predicted molar refractivity (Wildman–Crippen MR) is 129 cm³/mol. The molecule has 1 saturated carbocycles. The summed E-state index contributed by atoms with van der Waals surface area (Å²) in [5.41, 5.74) is 0.906. The van der Waals surface area contributed by atoms with E-state index in [4.69, 9.17) is 9.47 Å². The van der Waals surface area contributed by atoms with Gasteiger partial charge in [0, 0.05) is 38.3 Å². The second kappa shape index (κ2) is 10.1. The highest BCUT2D eigenvalue weighted by Crippen LogP contribution is 2.30. The fraction of sp³-hybridized carbons (Fsp3) is 0.520. The molecule has 2 aromatic heterocycles. The van der Waals surface area contributed by atoms with Gasteiger partial charge in [-0.25, -0.2) is 14.8 Å². The fourth-order valence-corrected chi connectivity index (χ4v) is 4.88. The van der Waals surface area contributed by atoms with Crippen molar-refractivity contribution < 1.29 is 9.47 Å². The average Bonchev–Trinajstić information content (AvgIpc) is 3.41. The van der Waals surface area contributed by atoms with Gasteiger partial charge in [-0.15, -0.1) is 0 Å². The SMILES string of the molecule is Cn1c(=O)c2nc(-c3ccc(OCCCN4CCOCC4)cc3)ncc2n(C2CCCC2)c1=O. The van der Waals surface area contributed by atoms with Crippen LogP contribution in [0, 0.1) is 0 Å². The third-order valence-corrected chi connectivity index (χ3v) is 6.82. The Bertz CT molecular complexity index is 1260. The van der Waals surface area contributed by atoms with E-state index in [1.807, 2.05) is 24.3 Å². The molecule has 0 atom stereocenters. The second-order valence-corrected chi connectivity index (χ2v) is 9.06. The maximum absolute atomic E-state index is 12.8. The molecule has 0 spiro atoms. The monoisotopic (exact) mass is 465 g/mol. The number of rotatable bonds is 7. The van der Waals surface area contributed by atoms with E-state index in [1.54, 1.807) is 10.8 Å². The minimum atomic E-state index is -0.391. The summed E-state index contributed by atoms with van der Waals surface area (Å²) < 4.78 is 14.1. The summed E-state index contributed by atoms with van der Waals surface area (Å²) >= 11 is 0. The molecule has 180 valence electrons. The average molecular weight is 466 g/mol. The third kappa shape index (κ3) is 4.63. The molecule has 2 aliphatic rings. The Kier molecular flexibility index (Phi) is 6.73. The fourth-order valence-electron chi connectivity index (χ4n) is 4.88. The van der Waals surface area contributed by atoms with Gasteiger partial charge in [-0.1, -0.05) is 12.8 Å². The van der Waals surface area contributed by atoms with E-state index in [1.165, 1.54) is 7.05 Å². The third-order valence-electron chi connectivity index (χ3n) is 6.82. The molecular formula is C25H31N5O4. The van der Waals surface area contributed by atoms with Gasteiger partial charge in [0.15, 0.2) is 11.3 Å². The molecular weight excluding hydrogens is 434 g/mol. The number of benzene rings is 1. The lowest BCUT2D eigenvalue weighted by atomic mass is 10.2. The predicted octanol–water partition coefficient (Wildman–Crippen LogP) is 2.37. The van der Waals surface area contributed by atoms with Crippen molar-refractivity contribution in [2.45, 2.75) is 38.1 Å². The Morgan fingerprint density at radius 2 is 1.82 bits per heavy atom. The Morgan fingerprint density at radius 3 is 2.56 bits per heavy atom. The van der Waals surface area contributed by atoms with Crippen LogP contribution in [0.1, 0.15) is 38.1 Å². The zero-order valence-electron chi connectivity index (χ0n) is 19.6. The Balaban J connectivity index is 1.32. The van der Waals surface area contributed by atoms with Gasteiger partial charge in [0.05, 0.1) is 31.5 Å². The van der Waals surface area contributed by atoms with Crippen LogP contribution in [0.2, 0.25) is 0 Å². The number of nitrogens with zero attached hydrogens (tertiary/aromatic N) is 5. The van der Waals surface area contributed by atoms with Crippen LogP contribution in [-0.4, -0.2) is 63.5 Å². The largest absolute Gasteiger partial charge is 0.494 e. The summed E-state index contributed by atoms with van der Waals surface area (Å²) in [6.45, 7) is 5.25. The lowest BCUT2D eigenvalue weighted by Crippen LogP contribution is -2.39. The summed E-state index contributed by atoms with van der Waals surface area (Å²) in [4.78, 5) is 37.1. The molecule has 0 radical (unpaired) electrons. The number of hydrogen-bond donors (Lipinski definition) is 0. The quantitative estimate of drug-likeness (QED) is 0.495. The highest BCUT2D eigenvalue weighted by Gasteiger charge is 2.23. The maximum atomic E-state index is 12.8. The van der Waals surface area contributed by atoms with E-state index in [0.29, 0.717) is 17.9 Å². The van der Waals surface area contributed by atoms with Crippen molar-refractivity contribution in [1.29, 1.82) is 0 Å². The smallest absolute Gasteiger partial charge is 0.331 e. The number of aromatic nitrogens is 4. The Hall–Kier alpha value is -3.04. The first-order valence-corrected chi connectivity index (χ1v) is 12.1. The van der Waals surface area contributed by atoms with Gasteiger partial charge in [-0.2, -0.15) is 0 Å². The Labute approximate surface area is 198 Å². The molecule has 0 N–H and O–H groups in total. The topological polar surface area (TPSA) is 91.5 Å². The summed E-state index contributed by atoms with van der Waals surface area (Å²) in [6, 6.07) is 7.69. The molecule has 9 heteroatoms. The molecule has 2 fully saturated rings. The molecule has 1 aromatic carbocycles. The van der Waals surface area contributed by atoms with E-state index < -0.39 is 5.56 Å². The molecule has 34 heavy (non-hydrogen) atoms. The molecule has 0 amide bonds. The number of hydrogen-bond acceptors (Lipinski definition) is 7. The van der Waals surface area contributed by atoms with E-state index in [2.05, 4.69) is 14.9 Å². The lowest BCUT2D eigenvalue weighted by molar-refractivity contribution is 0.0358. The van der Waals surface area contributed by atoms with Crippen molar-refractivity contribution in [3.8, 4) is 17.1 Å². The highest BCUT2D eigenvalue weighted by atomic mass is 16.5. The summed E-state index contributed by atoms with van der Waals surface area (Å²) in [5, 5.41) is 0.